The number of ether oxygens (including phenoxy) is 1. The Hall–Kier alpha value is -4.14. The summed E-state index contributed by atoms with van der Waals surface area (Å²) in [6.07, 6.45) is 1.08. The van der Waals surface area contributed by atoms with E-state index in [1.807, 2.05) is 30.3 Å². The number of nitrogens with zero attached hydrogens (tertiary/aromatic N) is 2. The Morgan fingerprint density at radius 2 is 1.97 bits per heavy atom. The van der Waals surface area contributed by atoms with E-state index in [1.165, 1.54) is 30.1 Å². The SMILES string of the molecule is C[C@H](COc1ccc(C(=O)O)cc1N(C)C=O)NC(=O)c1cc(Cc2ccccc2)on1. The molecule has 0 fully saturated rings. The number of carboxylic acid groups (broad SMARTS) is 1. The summed E-state index contributed by atoms with van der Waals surface area (Å²) in [4.78, 5) is 36.0. The molecule has 166 valence electrons. The van der Waals surface area contributed by atoms with Crippen LogP contribution in [0.1, 0.15) is 39.1 Å². The fourth-order valence-electron chi connectivity index (χ4n) is 2.96. The van der Waals surface area contributed by atoms with Gasteiger partial charge in [-0.2, -0.15) is 0 Å². The Bertz CT molecular complexity index is 1100. The highest BCUT2D eigenvalue weighted by Gasteiger charge is 2.17. The Kier molecular flexibility index (Phi) is 7.22. The number of nitrogens with one attached hydrogen (secondary N) is 1. The monoisotopic (exact) mass is 437 g/mol. The molecule has 0 saturated carbocycles. The largest absolute Gasteiger partial charge is 0.489 e. The average Bonchev–Trinajstić information content (AvgIpc) is 3.26. The van der Waals surface area contributed by atoms with E-state index in [1.54, 1.807) is 13.0 Å². The van der Waals surface area contributed by atoms with Gasteiger partial charge in [0.25, 0.3) is 5.91 Å². The van der Waals surface area contributed by atoms with Crippen molar-refractivity contribution >= 4 is 24.0 Å². The molecule has 0 unspecified atom stereocenters. The van der Waals surface area contributed by atoms with E-state index in [0.717, 1.165) is 5.56 Å². The first-order valence-corrected chi connectivity index (χ1v) is 9.86. The molecule has 0 aliphatic rings. The first kappa shape index (κ1) is 22.5. The average molecular weight is 437 g/mol. The summed E-state index contributed by atoms with van der Waals surface area (Å²) >= 11 is 0. The second-order valence-corrected chi connectivity index (χ2v) is 7.23. The van der Waals surface area contributed by atoms with E-state index in [4.69, 9.17) is 14.4 Å². The van der Waals surface area contributed by atoms with Gasteiger partial charge in [-0.1, -0.05) is 35.5 Å². The normalized spacial score (nSPS) is 11.4. The molecule has 2 amide bonds. The maximum atomic E-state index is 12.5. The zero-order valence-corrected chi connectivity index (χ0v) is 17.6. The lowest BCUT2D eigenvalue weighted by atomic mass is 10.1. The Balaban J connectivity index is 1.59. The molecule has 2 N–H and O–H groups in total. The second-order valence-electron chi connectivity index (χ2n) is 7.23. The van der Waals surface area contributed by atoms with Crippen LogP contribution in [0, 0.1) is 0 Å². The first-order valence-electron chi connectivity index (χ1n) is 9.86. The third-order valence-corrected chi connectivity index (χ3v) is 4.62. The molecule has 0 aliphatic carbocycles. The number of carbonyl (C=O) groups is 3. The summed E-state index contributed by atoms with van der Waals surface area (Å²) in [6, 6.07) is 15.1. The van der Waals surface area contributed by atoms with E-state index in [9.17, 15) is 14.4 Å². The number of aromatic carboxylic acids is 1. The lowest BCUT2D eigenvalue weighted by molar-refractivity contribution is -0.107. The molecular formula is C23H23N3O6. The molecule has 9 nitrogen and oxygen atoms in total. The molecule has 9 heteroatoms. The molecule has 3 aromatic rings. The third kappa shape index (κ3) is 5.72. The van der Waals surface area contributed by atoms with Crippen LogP contribution in [0.4, 0.5) is 5.69 Å². The van der Waals surface area contributed by atoms with Crippen molar-refractivity contribution in [2.24, 2.45) is 0 Å². The van der Waals surface area contributed by atoms with Crippen LogP contribution in [0.15, 0.2) is 59.1 Å². The van der Waals surface area contributed by atoms with Gasteiger partial charge in [-0.15, -0.1) is 0 Å². The van der Waals surface area contributed by atoms with Gasteiger partial charge in [-0.3, -0.25) is 9.59 Å². The molecule has 2 aromatic carbocycles. The minimum absolute atomic E-state index is 0.0275. The van der Waals surface area contributed by atoms with Gasteiger partial charge in [0.2, 0.25) is 6.41 Å². The molecule has 0 spiro atoms. The molecule has 1 heterocycles. The van der Waals surface area contributed by atoms with Crippen molar-refractivity contribution in [3.8, 4) is 5.75 Å². The zero-order valence-electron chi connectivity index (χ0n) is 17.6. The highest BCUT2D eigenvalue weighted by Crippen LogP contribution is 2.28. The van der Waals surface area contributed by atoms with Crippen LogP contribution in [0.5, 0.6) is 5.75 Å². The van der Waals surface area contributed by atoms with Gasteiger partial charge in [-0.25, -0.2) is 4.79 Å². The molecule has 3 rings (SSSR count). The van der Waals surface area contributed by atoms with Crippen LogP contribution in [0.25, 0.3) is 0 Å². The van der Waals surface area contributed by atoms with Crippen molar-refractivity contribution in [3.05, 3.63) is 77.2 Å². The van der Waals surface area contributed by atoms with Crippen LogP contribution in [-0.2, 0) is 11.2 Å². The fourth-order valence-corrected chi connectivity index (χ4v) is 2.96. The zero-order chi connectivity index (χ0) is 23.1. The second kappa shape index (κ2) is 10.3. The van der Waals surface area contributed by atoms with Gasteiger partial charge in [0.05, 0.1) is 17.3 Å². The Morgan fingerprint density at radius 3 is 2.66 bits per heavy atom. The number of rotatable bonds is 10. The third-order valence-electron chi connectivity index (χ3n) is 4.62. The van der Waals surface area contributed by atoms with Gasteiger partial charge in [-0.05, 0) is 30.7 Å². The number of carbonyl (C=O) groups excluding carboxylic acids is 2. The van der Waals surface area contributed by atoms with Gasteiger partial charge in [0.1, 0.15) is 18.1 Å². The standard InChI is InChI=1S/C23H23N3O6/c1-15(13-31-21-9-8-17(23(29)30)11-20(21)26(2)14-27)24-22(28)19-12-18(32-25-19)10-16-6-4-3-5-7-16/h3-9,11-12,14-15H,10,13H2,1-2H3,(H,24,28)(H,29,30)/t15-/m1/s1. The minimum atomic E-state index is -1.11. The summed E-state index contributed by atoms with van der Waals surface area (Å²) in [7, 11) is 1.49. The highest BCUT2D eigenvalue weighted by atomic mass is 16.5. The van der Waals surface area contributed by atoms with Crippen molar-refractivity contribution in [1.82, 2.24) is 10.5 Å². The summed E-state index contributed by atoms with van der Waals surface area (Å²) in [5.74, 6) is -0.629. The number of carboxylic acids is 1. The number of benzene rings is 2. The van der Waals surface area contributed by atoms with Crippen molar-refractivity contribution in [2.45, 2.75) is 19.4 Å². The van der Waals surface area contributed by atoms with Gasteiger partial charge >= 0.3 is 5.97 Å². The smallest absolute Gasteiger partial charge is 0.335 e. The predicted molar refractivity (Wildman–Crippen MR) is 116 cm³/mol. The summed E-state index contributed by atoms with van der Waals surface area (Å²) in [6.45, 7) is 1.84. The van der Waals surface area contributed by atoms with Gasteiger partial charge in [0, 0.05) is 19.5 Å². The van der Waals surface area contributed by atoms with E-state index >= 15 is 0 Å². The van der Waals surface area contributed by atoms with Crippen molar-refractivity contribution in [2.75, 3.05) is 18.6 Å². The van der Waals surface area contributed by atoms with Crippen LogP contribution in [-0.4, -0.2) is 48.2 Å². The quantitative estimate of drug-likeness (QED) is 0.468. The van der Waals surface area contributed by atoms with E-state index in [-0.39, 0.29) is 17.9 Å². The molecule has 0 bridgehead atoms. The first-order chi connectivity index (χ1) is 15.4. The molecular weight excluding hydrogens is 414 g/mol. The number of hydrogen-bond acceptors (Lipinski definition) is 6. The van der Waals surface area contributed by atoms with E-state index in [0.29, 0.717) is 30.0 Å². The van der Waals surface area contributed by atoms with Crippen LogP contribution in [0.2, 0.25) is 0 Å². The molecule has 32 heavy (non-hydrogen) atoms. The van der Waals surface area contributed by atoms with Gasteiger partial charge in [0.15, 0.2) is 5.69 Å². The summed E-state index contributed by atoms with van der Waals surface area (Å²) in [5, 5.41) is 15.8. The van der Waals surface area contributed by atoms with Crippen molar-refractivity contribution in [3.63, 3.8) is 0 Å². The van der Waals surface area contributed by atoms with Crippen molar-refractivity contribution in [1.29, 1.82) is 0 Å². The van der Waals surface area contributed by atoms with Crippen LogP contribution >= 0.6 is 0 Å². The predicted octanol–water partition coefficient (Wildman–Crippen LogP) is 2.75. The molecule has 1 aromatic heterocycles. The van der Waals surface area contributed by atoms with Crippen molar-refractivity contribution < 1.29 is 28.8 Å². The fraction of sp³-hybridized carbons (Fsp3) is 0.217. The van der Waals surface area contributed by atoms with Crippen LogP contribution < -0.4 is 15.0 Å². The number of amides is 2. The van der Waals surface area contributed by atoms with E-state index in [2.05, 4.69) is 10.5 Å². The maximum Gasteiger partial charge on any atom is 0.335 e. The number of anilines is 1. The Morgan fingerprint density at radius 1 is 1.22 bits per heavy atom. The molecule has 0 aliphatic heterocycles. The summed E-state index contributed by atoms with van der Waals surface area (Å²) in [5.41, 5.74) is 1.54. The number of aromatic nitrogens is 1. The molecule has 0 radical (unpaired) electrons. The Labute approximate surface area is 184 Å². The lowest BCUT2D eigenvalue weighted by Gasteiger charge is -2.19. The molecule has 0 saturated heterocycles. The topological polar surface area (TPSA) is 122 Å². The van der Waals surface area contributed by atoms with Gasteiger partial charge < -0.3 is 24.6 Å². The molecule has 1 atom stereocenters. The lowest BCUT2D eigenvalue weighted by Crippen LogP contribution is -2.37. The van der Waals surface area contributed by atoms with E-state index < -0.39 is 17.9 Å². The van der Waals surface area contributed by atoms with Crippen LogP contribution in [0.3, 0.4) is 0 Å². The summed E-state index contributed by atoms with van der Waals surface area (Å²) < 4.78 is 11.0. The highest BCUT2D eigenvalue weighted by molar-refractivity contribution is 5.92. The maximum absolute atomic E-state index is 12.5. The minimum Gasteiger partial charge on any atom is -0.489 e. The number of hydrogen-bond donors (Lipinski definition) is 2.